The molecule has 3 amide bonds. The summed E-state index contributed by atoms with van der Waals surface area (Å²) in [5.74, 6) is -0.884. The minimum Gasteiger partial charge on any atom is -0.444 e. The number of hydrogen-bond donors (Lipinski definition) is 3. The first-order valence-electron chi connectivity index (χ1n) is 9.52. The largest absolute Gasteiger partial charge is 0.444 e. The van der Waals surface area contributed by atoms with Gasteiger partial charge in [-0.3, -0.25) is 9.59 Å². The van der Waals surface area contributed by atoms with Crippen molar-refractivity contribution in [3.8, 4) is 0 Å². The molecule has 2 aromatic carbocycles. The zero-order chi connectivity index (χ0) is 22.1. The second-order valence-corrected chi connectivity index (χ2v) is 7.66. The predicted octanol–water partition coefficient (Wildman–Crippen LogP) is 3.86. The van der Waals surface area contributed by atoms with Crippen molar-refractivity contribution < 1.29 is 23.5 Å². The van der Waals surface area contributed by atoms with Crippen molar-refractivity contribution >= 4 is 29.3 Å². The highest BCUT2D eigenvalue weighted by Gasteiger charge is 2.16. The Morgan fingerprint density at radius 3 is 1.93 bits per heavy atom. The van der Waals surface area contributed by atoms with E-state index in [0.717, 1.165) is 5.56 Å². The van der Waals surface area contributed by atoms with Crippen LogP contribution in [0.25, 0.3) is 0 Å². The molecule has 0 aliphatic rings. The van der Waals surface area contributed by atoms with Crippen LogP contribution in [0.2, 0.25) is 0 Å². The maximum absolute atomic E-state index is 12.9. The Balaban J connectivity index is 1.74. The highest BCUT2D eigenvalue weighted by atomic mass is 19.1. The summed E-state index contributed by atoms with van der Waals surface area (Å²) in [6.45, 7) is 4.97. The standard InChI is InChI=1S/C22H26FN3O4/c1-22(2,3)30-21(29)24-14-20(28)26-18-11-9-17(10-12-18)25-19(27)13-6-15-4-7-16(23)8-5-15/h4-5,7-12H,6,13-14H2,1-3H3,(H,24,29)(H,25,27)(H,26,28). The van der Waals surface area contributed by atoms with Gasteiger partial charge in [0, 0.05) is 17.8 Å². The molecule has 8 heteroatoms. The van der Waals surface area contributed by atoms with Gasteiger partial charge in [-0.25, -0.2) is 9.18 Å². The molecule has 0 unspecified atom stereocenters. The van der Waals surface area contributed by atoms with E-state index in [2.05, 4.69) is 16.0 Å². The quantitative estimate of drug-likeness (QED) is 0.640. The van der Waals surface area contributed by atoms with E-state index in [1.807, 2.05) is 0 Å². The summed E-state index contributed by atoms with van der Waals surface area (Å²) in [7, 11) is 0. The van der Waals surface area contributed by atoms with Crippen molar-refractivity contribution in [2.45, 2.75) is 39.2 Å². The van der Waals surface area contributed by atoms with Crippen LogP contribution in [0.4, 0.5) is 20.6 Å². The minimum atomic E-state index is -0.670. The molecule has 160 valence electrons. The molecular formula is C22H26FN3O4. The molecule has 7 nitrogen and oxygen atoms in total. The number of halogens is 1. The fraction of sp³-hybridized carbons (Fsp3) is 0.318. The number of carbonyl (C=O) groups excluding carboxylic acids is 3. The third-order valence-electron chi connectivity index (χ3n) is 3.80. The van der Waals surface area contributed by atoms with Crippen LogP contribution in [0.5, 0.6) is 0 Å². The van der Waals surface area contributed by atoms with E-state index in [1.54, 1.807) is 57.2 Å². The monoisotopic (exact) mass is 415 g/mol. The molecule has 0 aromatic heterocycles. The van der Waals surface area contributed by atoms with Gasteiger partial charge in [0.1, 0.15) is 18.0 Å². The van der Waals surface area contributed by atoms with Gasteiger partial charge in [-0.05, 0) is 69.2 Å². The topological polar surface area (TPSA) is 96.5 Å². The lowest BCUT2D eigenvalue weighted by Gasteiger charge is -2.19. The van der Waals surface area contributed by atoms with E-state index in [-0.39, 0.29) is 24.7 Å². The highest BCUT2D eigenvalue weighted by Crippen LogP contribution is 2.14. The molecule has 0 radical (unpaired) electrons. The van der Waals surface area contributed by atoms with Crippen molar-refractivity contribution in [3.63, 3.8) is 0 Å². The van der Waals surface area contributed by atoms with Gasteiger partial charge in [-0.1, -0.05) is 12.1 Å². The van der Waals surface area contributed by atoms with Crippen LogP contribution in [0.1, 0.15) is 32.8 Å². The molecule has 0 aliphatic carbocycles. The van der Waals surface area contributed by atoms with Crippen LogP contribution in [-0.2, 0) is 20.7 Å². The third kappa shape index (κ3) is 8.72. The zero-order valence-electron chi connectivity index (χ0n) is 17.3. The lowest BCUT2D eigenvalue weighted by molar-refractivity contribution is -0.116. The lowest BCUT2D eigenvalue weighted by Crippen LogP contribution is -2.37. The van der Waals surface area contributed by atoms with Crippen LogP contribution in [0.3, 0.4) is 0 Å². The molecule has 0 spiro atoms. The Kier molecular flexibility index (Phi) is 7.91. The maximum Gasteiger partial charge on any atom is 0.408 e. The number of anilines is 2. The molecular weight excluding hydrogens is 389 g/mol. The number of ether oxygens (including phenoxy) is 1. The summed E-state index contributed by atoms with van der Waals surface area (Å²) in [4.78, 5) is 35.5. The normalized spacial score (nSPS) is 10.8. The van der Waals surface area contributed by atoms with Gasteiger partial charge >= 0.3 is 6.09 Å². The summed E-state index contributed by atoms with van der Waals surface area (Å²) in [6, 6.07) is 12.6. The van der Waals surface area contributed by atoms with Gasteiger partial charge in [0.25, 0.3) is 0 Å². The maximum atomic E-state index is 12.9. The number of amides is 3. The minimum absolute atomic E-state index is 0.169. The average molecular weight is 415 g/mol. The number of aryl methyl sites for hydroxylation is 1. The number of rotatable bonds is 7. The zero-order valence-corrected chi connectivity index (χ0v) is 17.3. The summed E-state index contributed by atoms with van der Waals surface area (Å²) < 4.78 is 18.0. The molecule has 2 rings (SSSR count). The number of carbonyl (C=O) groups is 3. The van der Waals surface area contributed by atoms with Crippen molar-refractivity contribution in [1.29, 1.82) is 0 Å². The molecule has 0 fully saturated rings. The Morgan fingerprint density at radius 1 is 0.867 bits per heavy atom. The molecule has 0 heterocycles. The van der Waals surface area contributed by atoms with Gasteiger partial charge < -0.3 is 20.7 Å². The van der Waals surface area contributed by atoms with Crippen LogP contribution in [-0.4, -0.2) is 30.1 Å². The Morgan fingerprint density at radius 2 is 1.40 bits per heavy atom. The van der Waals surface area contributed by atoms with Gasteiger partial charge in [0.15, 0.2) is 0 Å². The molecule has 0 bridgehead atoms. The van der Waals surface area contributed by atoms with Crippen molar-refractivity contribution in [1.82, 2.24) is 5.32 Å². The number of alkyl carbamates (subject to hydrolysis) is 1. The van der Waals surface area contributed by atoms with E-state index in [0.29, 0.717) is 17.8 Å². The fourth-order valence-corrected chi connectivity index (χ4v) is 2.44. The van der Waals surface area contributed by atoms with E-state index < -0.39 is 17.6 Å². The molecule has 0 saturated carbocycles. The number of benzene rings is 2. The second-order valence-electron chi connectivity index (χ2n) is 7.66. The highest BCUT2D eigenvalue weighted by molar-refractivity contribution is 5.94. The smallest absolute Gasteiger partial charge is 0.408 e. The first-order valence-corrected chi connectivity index (χ1v) is 9.52. The van der Waals surface area contributed by atoms with Crippen LogP contribution < -0.4 is 16.0 Å². The Hall–Kier alpha value is -3.42. The SMILES string of the molecule is CC(C)(C)OC(=O)NCC(=O)Nc1ccc(NC(=O)CCc2ccc(F)cc2)cc1. The Labute approximate surface area is 175 Å². The van der Waals surface area contributed by atoms with Crippen molar-refractivity contribution in [2.24, 2.45) is 0 Å². The molecule has 2 aromatic rings. The summed E-state index contributed by atoms with van der Waals surface area (Å²) in [5.41, 5.74) is 1.35. The lowest BCUT2D eigenvalue weighted by atomic mass is 10.1. The Bertz CT molecular complexity index is 875. The first kappa shape index (κ1) is 22.9. The molecule has 30 heavy (non-hydrogen) atoms. The van der Waals surface area contributed by atoms with Crippen molar-refractivity contribution in [3.05, 3.63) is 59.9 Å². The van der Waals surface area contributed by atoms with E-state index >= 15 is 0 Å². The summed E-state index contributed by atoms with van der Waals surface area (Å²) in [6.07, 6.45) is 0.0992. The predicted molar refractivity (Wildman–Crippen MR) is 113 cm³/mol. The first-order chi connectivity index (χ1) is 14.1. The van der Waals surface area contributed by atoms with Gasteiger partial charge in [-0.15, -0.1) is 0 Å². The van der Waals surface area contributed by atoms with Crippen molar-refractivity contribution in [2.75, 3.05) is 17.2 Å². The van der Waals surface area contributed by atoms with Gasteiger partial charge in [0.2, 0.25) is 11.8 Å². The van der Waals surface area contributed by atoms with E-state index in [4.69, 9.17) is 4.74 Å². The van der Waals surface area contributed by atoms with Crippen LogP contribution in [0.15, 0.2) is 48.5 Å². The molecule has 0 atom stereocenters. The number of hydrogen-bond acceptors (Lipinski definition) is 4. The van der Waals surface area contributed by atoms with Gasteiger partial charge in [0.05, 0.1) is 0 Å². The van der Waals surface area contributed by atoms with Crippen LogP contribution in [0, 0.1) is 5.82 Å². The van der Waals surface area contributed by atoms with E-state index in [9.17, 15) is 18.8 Å². The molecule has 0 aliphatic heterocycles. The van der Waals surface area contributed by atoms with Gasteiger partial charge in [-0.2, -0.15) is 0 Å². The average Bonchev–Trinajstić information content (AvgIpc) is 2.66. The summed E-state index contributed by atoms with van der Waals surface area (Å²) >= 11 is 0. The van der Waals surface area contributed by atoms with Crippen LogP contribution >= 0.6 is 0 Å². The summed E-state index contributed by atoms with van der Waals surface area (Å²) in [5, 5.41) is 7.78. The number of nitrogens with one attached hydrogen (secondary N) is 3. The molecule has 3 N–H and O–H groups in total. The third-order valence-corrected chi connectivity index (χ3v) is 3.80. The van der Waals surface area contributed by atoms with E-state index in [1.165, 1.54) is 12.1 Å². The second kappa shape index (κ2) is 10.4. The fourth-order valence-electron chi connectivity index (χ4n) is 2.44. The molecule has 0 saturated heterocycles.